The maximum atomic E-state index is 8.65. The summed E-state index contributed by atoms with van der Waals surface area (Å²) in [4.78, 5) is 0. The topological polar surface area (TPSA) is 41.5 Å². The van der Waals surface area contributed by atoms with Crippen LogP contribution in [-0.4, -0.2) is 12.3 Å². The summed E-state index contributed by atoms with van der Waals surface area (Å²) in [6.07, 6.45) is 0. The van der Waals surface area contributed by atoms with Crippen molar-refractivity contribution in [1.82, 2.24) is 5.48 Å². The number of hydrogen-bond donors (Lipinski definition) is 2. The highest BCUT2D eigenvalue weighted by molar-refractivity contribution is 5.43. The fourth-order valence-electron chi connectivity index (χ4n) is 1.34. The number of rotatable bonds is 3. The minimum Gasteiger partial charge on any atom is -0.496 e. The molecule has 0 heterocycles. The third kappa shape index (κ3) is 1.99. The van der Waals surface area contributed by atoms with E-state index in [2.05, 4.69) is 5.48 Å². The highest BCUT2D eigenvalue weighted by Gasteiger charge is 2.07. The highest BCUT2D eigenvalue weighted by Crippen LogP contribution is 2.24. The zero-order valence-electron chi connectivity index (χ0n) is 8.22. The maximum absolute atomic E-state index is 8.65. The zero-order chi connectivity index (χ0) is 9.84. The van der Waals surface area contributed by atoms with E-state index in [1.54, 1.807) is 7.11 Å². The first kappa shape index (κ1) is 10.0. The van der Waals surface area contributed by atoms with E-state index in [0.29, 0.717) is 6.54 Å². The lowest BCUT2D eigenvalue weighted by Crippen LogP contribution is -2.09. The second-order valence-corrected chi connectivity index (χ2v) is 3.02. The number of aryl methyl sites for hydroxylation is 1. The molecule has 0 unspecified atom stereocenters. The van der Waals surface area contributed by atoms with Crippen molar-refractivity contribution in [2.45, 2.75) is 20.4 Å². The van der Waals surface area contributed by atoms with Gasteiger partial charge in [-0.1, -0.05) is 6.07 Å². The van der Waals surface area contributed by atoms with Crippen molar-refractivity contribution in [1.29, 1.82) is 0 Å². The molecule has 0 spiro atoms. The van der Waals surface area contributed by atoms with Crippen molar-refractivity contribution in [3.8, 4) is 5.75 Å². The van der Waals surface area contributed by atoms with Crippen LogP contribution in [0.15, 0.2) is 12.1 Å². The molecular weight excluding hydrogens is 166 g/mol. The summed E-state index contributed by atoms with van der Waals surface area (Å²) in [5.74, 6) is 0.810. The molecule has 72 valence electrons. The lowest BCUT2D eigenvalue weighted by atomic mass is 10.0. The van der Waals surface area contributed by atoms with Crippen LogP contribution >= 0.6 is 0 Å². The number of ether oxygens (including phenoxy) is 1. The van der Waals surface area contributed by atoms with Gasteiger partial charge in [0.2, 0.25) is 0 Å². The molecule has 0 aliphatic rings. The van der Waals surface area contributed by atoms with E-state index in [1.807, 2.05) is 26.0 Å². The van der Waals surface area contributed by atoms with E-state index in [-0.39, 0.29) is 0 Å². The number of hydrogen-bond acceptors (Lipinski definition) is 3. The molecule has 0 aliphatic heterocycles. The first-order valence-electron chi connectivity index (χ1n) is 4.20. The van der Waals surface area contributed by atoms with Gasteiger partial charge in [-0.3, -0.25) is 0 Å². The van der Waals surface area contributed by atoms with Gasteiger partial charge in [-0.15, -0.1) is 0 Å². The SMILES string of the molecule is COc1ccc(C)c(C)c1CNO. The average Bonchev–Trinajstić information content (AvgIpc) is 2.14. The molecule has 13 heavy (non-hydrogen) atoms. The predicted octanol–water partition coefficient (Wildman–Crippen LogP) is 1.79. The fraction of sp³-hybridized carbons (Fsp3) is 0.400. The Morgan fingerprint density at radius 2 is 2.08 bits per heavy atom. The largest absolute Gasteiger partial charge is 0.496 e. The summed E-state index contributed by atoms with van der Waals surface area (Å²) in [6, 6.07) is 3.92. The van der Waals surface area contributed by atoms with Gasteiger partial charge in [0.15, 0.2) is 0 Å². The Hall–Kier alpha value is -1.06. The Labute approximate surface area is 78.3 Å². The number of methoxy groups -OCH3 is 1. The molecule has 3 heteroatoms. The van der Waals surface area contributed by atoms with Crippen molar-refractivity contribution in [2.24, 2.45) is 0 Å². The predicted molar refractivity (Wildman–Crippen MR) is 51.1 cm³/mol. The van der Waals surface area contributed by atoms with Gasteiger partial charge in [0.1, 0.15) is 5.75 Å². The fourth-order valence-corrected chi connectivity index (χ4v) is 1.34. The summed E-state index contributed by atoms with van der Waals surface area (Å²) in [6.45, 7) is 4.47. The van der Waals surface area contributed by atoms with Gasteiger partial charge >= 0.3 is 0 Å². The standard InChI is InChI=1S/C10H15NO2/c1-7-4-5-10(13-3)9(6-11-12)8(7)2/h4-5,11-12H,6H2,1-3H3. The zero-order valence-corrected chi connectivity index (χ0v) is 8.22. The number of hydroxylamine groups is 1. The number of benzene rings is 1. The quantitative estimate of drug-likeness (QED) is 0.698. The molecule has 0 aliphatic carbocycles. The minimum atomic E-state index is 0.413. The van der Waals surface area contributed by atoms with Crippen LogP contribution in [0.1, 0.15) is 16.7 Å². The summed E-state index contributed by atoms with van der Waals surface area (Å²) >= 11 is 0. The summed E-state index contributed by atoms with van der Waals surface area (Å²) in [5, 5.41) is 8.65. The van der Waals surface area contributed by atoms with Gasteiger partial charge in [0, 0.05) is 12.1 Å². The van der Waals surface area contributed by atoms with E-state index >= 15 is 0 Å². The van der Waals surface area contributed by atoms with E-state index < -0.39 is 0 Å². The van der Waals surface area contributed by atoms with Crippen LogP contribution in [0.2, 0.25) is 0 Å². The van der Waals surface area contributed by atoms with Gasteiger partial charge in [-0.25, -0.2) is 5.48 Å². The van der Waals surface area contributed by atoms with Crippen molar-refractivity contribution >= 4 is 0 Å². The number of nitrogens with one attached hydrogen (secondary N) is 1. The normalized spacial score (nSPS) is 10.2. The lowest BCUT2D eigenvalue weighted by molar-refractivity contribution is 0.160. The first-order chi connectivity index (χ1) is 6.20. The van der Waals surface area contributed by atoms with Crippen molar-refractivity contribution in [2.75, 3.05) is 7.11 Å². The molecule has 1 aromatic rings. The van der Waals surface area contributed by atoms with Gasteiger partial charge < -0.3 is 9.94 Å². The highest BCUT2D eigenvalue weighted by atomic mass is 16.5. The summed E-state index contributed by atoms with van der Waals surface area (Å²) < 4.78 is 5.18. The van der Waals surface area contributed by atoms with Crippen molar-refractivity contribution in [3.63, 3.8) is 0 Å². The molecule has 0 fully saturated rings. The van der Waals surface area contributed by atoms with E-state index in [0.717, 1.165) is 16.9 Å². The van der Waals surface area contributed by atoms with Crippen LogP contribution in [0.25, 0.3) is 0 Å². The Morgan fingerprint density at radius 3 is 2.62 bits per heavy atom. The van der Waals surface area contributed by atoms with Crippen molar-refractivity contribution < 1.29 is 9.94 Å². The van der Waals surface area contributed by atoms with Crippen LogP contribution in [0, 0.1) is 13.8 Å². The Morgan fingerprint density at radius 1 is 1.38 bits per heavy atom. The van der Waals surface area contributed by atoms with Crippen LogP contribution in [0.5, 0.6) is 5.75 Å². The van der Waals surface area contributed by atoms with E-state index in [1.165, 1.54) is 5.56 Å². The summed E-state index contributed by atoms with van der Waals surface area (Å²) in [7, 11) is 1.63. The Bertz CT molecular complexity index is 297. The van der Waals surface area contributed by atoms with E-state index in [4.69, 9.17) is 9.94 Å². The van der Waals surface area contributed by atoms with Gasteiger partial charge in [-0.05, 0) is 31.0 Å². The Kier molecular flexibility index (Phi) is 3.28. The van der Waals surface area contributed by atoms with Gasteiger partial charge in [-0.2, -0.15) is 0 Å². The smallest absolute Gasteiger partial charge is 0.123 e. The van der Waals surface area contributed by atoms with E-state index in [9.17, 15) is 0 Å². The van der Waals surface area contributed by atoms with Crippen LogP contribution in [0.4, 0.5) is 0 Å². The molecule has 0 amide bonds. The average molecular weight is 181 g/mol. The Balaban J connectivity index is 3.15. The maximum Gasteiger partial charge on any atom is 0.123 e. The molecule has 1 aromatic carbocycles. The lowest BCUT2D eigenvalue weighted by Gasteiger charge is -2.12. The van der Waals surface area contributed by atoms with Crippen LogP contribution in [-0.2, 0) is 6.54 Å². The van der Waals surface area contributed by atoms with Crippen LogP contribution in [0.3, 0.4) is 0 Å². The molecule has 0 saturated carbocycles. The minimum absolute atomic E-state index is 0.413. The molecule has 2 N–H and O–H groups in total. The van der Waals surface area contributed by atoms with Crippen molar-refractivity contribution in [3.05, 3.63) is 28.8 Å². The molecule has 1 rings (SSSR count). The molecule has 0 aromatic heterocycles. The first-order valence-corrected chi connectivity index (χ1v) is 4.20. The van der Waals surface area contributed by atoms with Gasteiger partial charge in [0.05, 0.1) is 7.11 Å². The van der Waals surface area contributed by atoms with Crippen LogP contribution < -0.4 is 10.2 Å². The monoisotopic (exact) mass is 181 g/mol. The third-order valence-corrected chi connectivity index (χ3v) is 2.30. The third-order valence-electron chi connectivity index (χ3n) is 2.30. The molecule has 3 nitrogen and oxygen atoms in total. The molecule has 0 saturated heterocycles. The van der Waals surface area contributed by atoms with Gasteiger partial charge in [0.25, 0.3) is 0 Å². The molecular formula is C10H15NO2. The summed E-state index contributed by atoms with van der Waals surface area (Å²) in [5.41, 5.74) is 5.51. The molecule has 0 radical (unpaired) electrons. The second-order valence-electron chi connectivity index (χ2n) is 3.02. The second kappa shape index (κ2) is 4.25. The molecule has 0 bridgehead atoms. The molecule has 0 atom stereocenters.